The molecule has 0 saturated heterocycles. The van der Waals surface area contributed by atoms with Gasteiger partial charge < -0.3 is 11.1 Å². The van der Waals surface area contributed by atoms with E-state index in [0.29, 0.717) is 16.6 Å². The molecule has 3 nitrogen and oxygen atoms in total. The normalized spacial score (nSPS) is 12.2. The van der Waals surface area contributed by atoms with Crippen LogP contribution >= 0.6 is 15.9 Å². The fraction of sp³-hybridized carbons (Fsp3) is 0.417. The summed E-state index contributed by atoms with van der Waals surface area (Å²) in [6, 6.07) is 4.60. The molecule has 1 aromatic rings. The third-order valence-electron chi connectivity index (χ3n) is 2.27. The molecule has 0 aromatic heterocycles. The van der Waals surface area contributed by atoms with Crippen LogP contribution in [0, 0.1) is 5.82 Å². The van der Waals surface area contributed by atoms with Gasteiger partial charge in [-0.2, -0.15) is 0 Å². The topological polar surface area (TPSA) is 55.1 Å². The summed E-state index contributed by atoms with van der Waals surface area (Å²) < 4.78 is 13.6. The van der Waals surface area contributed by atoms with E-state index in [-0.39, 0.29) is 11.9 Å². The van der Waals surface area contributed by atoms with Crippen molar-refractivity contribution in [2.75, 3.05) is 5.32 Å². The third kappa shape index (κ3) is 5.28. The van der Waals surface area contributed by atoms with Crippen molar-refractivity contribution >= 4 is 27.5 Å². The summed E-state index contributed by atoms with van der Waals surface area (Å²) in [5, 5.41) is 2.64. The van der Waals surface area contributed by atoms with Crippen molar-refractivity contribution in [2.45, 2.75) is 32.2 Å². The van der Waals surface area contributed by atoms with E-state index in [1.54, 1.807) is 12.1 Å². The third-order valence-corrected chi connectivity index (χ3v) is 2.91. The molecule has 1 amide bonds. The second kappa shape index (κ2) is 6.71. The minimum atomic E-state index is -0.390. The Kier molecular flexibility index (Phi) is 5.58. The monoisotopic (exact) mass is 302 g/mol. The van der Waals surface area contributed by atoms with Crippen LogP contribution in [0.1, 0.15) is 26.2 Å². The van der Waals surface area contributed by atoms with Crippen molar-refractivity contribution in [3.05, 3.63) is 28.5 Å². The Morgan fingerprint density at radius 1 is 1.59 bits per heavy atom. The Morgan fingerprint density at radius 2 is 2.29 bits per heavy atom. The molecule has 0 fully saturated rings. The van der Waals surface area contributed by atoms with Crippen LogP contribution in [0.4, 0.5) is 10.1 Å². The van der Waals surface area contributed by atoms with Gasteiger partial charge in [-0.05, 0) is 53.9 Å². The van der Waals surface area contributed by atoms with Crippen molar-refractivity contribution in [1.82, 2.24) is 0 Å². The van der Waals surface area contributed by atoms with Crippen LogP contribution in [0.5, 0.6) is 0 Å². The van der Waals surface area contributed by atoms with Gasteiger partial charge in [0.05, 0.1) is 4.47 Å². The van der Waals surface area contributed by atoms with Crippen LogP contribution in [0.25, 0.3) is 0 Å². The first-order valence-corrected chi connectivity index (χ1v) is 6.29. The smallest absolute Gasteiger partial charge is 0.224 e. The minimum Gasteiger partial charge on any atom is -0.328 e. The number of amides is 1. The van der Waals surface area contributed by atoms with Gasteiger partial charge in [-0.3, -0.25) is 4.79 Å². The van der Waals surface area contributed by atoms with Gasteiger partial charge in [-0.25, -0.2) is 4.39 Å². The molecule has 3 N–H and O–H groups in total. The molecule has 1 rings (SSSR count). The van der Waals surface area contributed by atoms with E-state index in [0.717, 1.165) is 12.8 Å². The predicted octanol–water partition coefficient (Wildman–Crippen LogP) is 3.04. The fourth-order valence-electron chi connectivity index (χ4n) is 1.38. The lowest BCUT2D eigenvalue weighted by Gasteiger charge is -2.07. The first kappa shape index (κ1) is 14.1. The Labute approximate surface area is 109 Å². The van der Waals surface area contributed by atoms with Crippen LogP contribution in [0.2, 0.25) is 0 Å². The molecule has 0 radical (unpaired) electrons. The highest BCUT2D eigenvalue weighted by Crippen LogP contribution is 2.19. The molecular formula is C12H16BrFN2O. The molecule has 17 heavy (non-hydrogen) atoms. The number of rotatable bonds is 5. The average Bonchev–Trinajstić information content (AvgIpc) is 2.23. The highest BCUT2D eigenvalue weighted by atomic mass is 79.9. The van der Waals surface area contributed by atoms with Crippen molar-refractivity contribution in [3.63, 3.8) is 0 Å². The van der Waals surface area contributed by atoms with E-state index in [2.05, 4.69) is 21.2 Å². The standard InChI is InChI=1S/C12H16BrFN2O/c1-8(15)3-2-4-12(17)16-9-5-6-10(13)11(14)7-9/h5-8H,2-4,15H2,1H3,(H,16,17). The molecule has 0 aliphatic carbocycles. The summed E-state index contributed by atoms with van der Waals surface area (Å²) in [7, 11) is 0. The number of hydrogen-bond acceptors (Lipinski definition) is 2. The van der Waals surface area contributed by atoms with Gasteiger partial charge >= 0.3 is 0 Å². The summed E-state index contributed by atoms with van der Waals surface area (Å²) in [5.41, 5.74) is 6.05. The molecule has 0 heterocycles. The number of halogens is 2. The van der Waals surface area contributed by atoms with Crippen LogP contribution < -0.4 is 11.1 Å². The summed E-state index contributed by atoms with van der Waals surface area (Å²) in [4.78, 5) is 11.5. The van der Waals surface area contributed by atoms with Gasteiger partial charge in [0.1, 0.15) is 5.82 Å². The predicted molar refractivity (Wildman–Crippen MR) is 70.2 cm³/mol. The Balaban J connectivity index is 2.42. The van der Waals surface area contributed by atoms with Crippen molar-refractivity contribution in [2.24, 2.45) is 5.73 Å². The second-order valence-electron chi connectivity index (χ2n) is 4.05. The van der Waals surface area contributed by atoms with E-state index in [1.807, 2.05) is 6.92 Å². The molecule has 0 aliphatic rings. The zero-order valence-corrected chi connectivity index (χ0v) is 11.3. The lowest BCUT2D eigenvalue weighted by Crippen LogP contribution is -2.16. The molecular weight excluding hydrogens is 287 g/mol. The number of benzene rings is 1. The van der Waals surface area contributed by atoms with Crippen LogP contribution in [-0.4, -0.2) is 11.9 Å². The van der Waals surface area contributed by atoms with E-state index >= 15 is 0 Å². The lowest BCUT2D eigenvalue weighted by molar-refractivity contribution is -0.116. The maximum absolute atomic E-state index is 13.2. The first-order chi connectivity index (χ1) is 7.99. The number of nitrogens with two attached hydrogens (primary N) is 1. The van der Waals surface area contributed by atoms with Crippen molar-refractivity contribution in [3.8, 4) is 0 Å². The molecule has 0 spiro atoms. The maximum atomic E-state index is 13.2. The maximum Gasteiger partial charge on any atom is 0.224 e. The second-order valence-corrected chi connectivity index (χ2v) is 4.90. The van der Waals surface area contributed by atoms with Crippen LogP contribution in [-0.2, 0) is 4.79 Å². The minimum absolute atomic E-state index is 0.105. The Hall–Kier alpha value is -0.940. The molecule has 0 bridgehead atoms. The highest BCUT2D eigenvalue weighted by Gasteiger charge is 2.05. The summed E-state index contributed by atoms with van der Waals surface area (Å²) in [5.74, 6) is -0.509. The molecule has 0 saturated carbocycles. The zero-order chi connectivity index (χ0) is 12.8. The van der Waals surface area contributed by atoms with E-state index in [9.17, 15) is 9.18 Å². The van der Waals surface area contributed by atoms with Gasteiger partial charge in [-0.1, -0.05) is 0 Å². The Bertz CT molecular complexity index is 396. The van der Waals surface area contributed by atoms with E-state index in [4.69, 9.17) is 5.73 Å². The molecule has 1 unspecified atom stereocenters. The summed E-state index contributed by atoms with van der Waals surface area (Å²) in [6.45, 7) is 1.90. The first-order valence-electron chi connectivity index (χ1n) is 5.49. The van der Waals surface area contributed by atoms with Gasteiger partial charge in [0.25, 0.3) is 0 Å². The van der Waals surface area contributed by atoms with Gasteiger partial charge in [-0.15, -0.1) is 0 Å². The lowest BCUT2D eigenvalue weighted by atomic mass is 10.1. The number of hydrogen-bond donors (Lipinski definition) is 2. The highest BCUT2D eigenvalue weighted by molar-refractivity contribution is 9.10. The fourth-order valence-corrected chi connectivity index (χ4v) is 1.63. The van der Waals surface area contributed by atoms with E-state index < -0.39 is 5.82 Å². The van der Waals surface area contributed by atoms with Crippen molar-refractivity contribution < 1.29 is 9.18 Å². The molecule has 5 heteroatoms. The largest absolute Gasteiger partial charge is 0.328 e. The SMILES string of the molecule is CC(N)CCCC(=O)Nc1ccc(Br)c(F)c1. The number of nitrogens with one attached hydrogen (secondary N) is 1. The molecule has 1 aromatic carbocycles. The molecule has 94 valence electrons. The zero-order valence-electron chi connectivity index (χ0n) is 9.67. The Morgan fingerprint density at radius 3 is 2.88 bits per heavy atom. The summed E-state index contributed by atoms with van der Waals surface area (Å²) in [6.07, 6.45) is 1.95. The number of anilines is 1. The molecule has 0 aliphatic heterocycles. The summed E-state index contributed by atoms with van der Waals surface area (Å²) >= 11 is 3.05. The van der Waals surface area contributed by atoms with E-state index in [1.165, 1.54) is 6.07 Å². The average molecular weight is 303 g/mol. The quantitative estimate of drug-likeness (QED) is 0.878. The number of carbonyl (C=O) groups is 1. The van der Waals surface area contributed by atoms with Gasteiger partial charge in [0.2, 0.25) is 5.91 Å². The van der Waals surface area contributed by atoms with Crippen LogP contribution in [0.3, 0.4) is 0 Å². The van der Waals surface area contributed by atoms with Gasteiger partial charge in [0, 0.05) is 18.2 Å². The van der Waals surface area contributed by atoms with Crippen LogP contribution in [0.15, 0.2) is 22.7 Å². The van der Waals surface area contributed by atoms with Gasteiger partial charge in [0.15, 0.2) is 0 Å². The molecule has 1 atom stereocenters. The van der Waals surface area contributed by atoms with Crippen molar-refractivity contribution in [1.29, 1.82) is 0 Å². The number of carbonyl (C=O) groups excluding carboxylic acids is 1.